The summed E-state index contributed by atoms with van der Waals surface area (Å²) in [4.78, 5) is 8.11. The number of rotatable bonds is 7. The molecule has 7 nitrogen and oxygen atoms in total. The zero-order valence-corrected chi connectivity index (χ0v) is 21.3. The van der Waals surface area contributed by atoms with Crippen LogP contribution in [0.15, 0.2) is 30.7 Å². The minimum atomic E-state index is -2.92. The van der Waals surface area contributed by atoms with Crippen molar-refractivity contribution in [3.8, 4) is 11.3 Å². The lowest BCUT2D eigenvalue weighted by Gasteiger charge is -2.36. The number of nitrogens with one attached hydrogen (secondary N) is 2. The van der Waals surface area contributed by atoms with Crippen LogP contribution in [0.5, 0.6) is 0 Å². The standard InChI is InChI=1S/C26H33N5O2S/c1-15(2)24-21-12-18(19-10-20(11-19)27-8-9-34(5,32)33)6-7-23(21)30-25(24)22-13-31-26(28-14-29-31)17(4)16(22)3/h6-7,12-15,19-20,27,30H,8-11H2,1-5H3. The first-order chi connectivity index (χ1) is 16.1. The van der Waals surface area contributed by atoms with E-state index in [0.29, 0.717) is 24.4 Å². The second-order valence-electron chi connectivity index (χ2n) is 10.1. The fourth-order valence-corrected chi connectivity index (χ4v) is 5.74. The van der Waals surface area contributed by atoms with Crippen molar-refractivity contribution in [1.82, 2.24) is 24.9 Å². The number of aryl methyl sites for hydroxylation is 1. The molecule has 0 radical (unpaired) electrons. The fourth-order valence-electron chi connectivity index (χ4n) is 5.26. The number of hydrogen-bond acceptors (Lipinski definition) is 5. The number of H-pyrrole nitrogens is 1. The molecule has 0 saturated heterocycles. The van der Waals surface area contributed by atoms with Crippen molar-refractivity contribution in [1.29, 1.82) is 0 Å². The Labute approximate surface area is 200 Å². The van der Waals surface area contributed by atoms with Gasteiger partial charge < -0.3 is 10.3 Å². The van der Waals surface area contributed by atoms with E-state index in [1.54, 1.807) is 6.33 Å². The van der Waals surface area contributed by atoms with Crippen molar-refractivity contribution in [2.75, 3.05) is 18.6 Å². The molecular formula is C26H33N5O2S. The monoisotopic (exact) mass is 479 g/mol. The third-order valence-electron chi connectivity index (χ3n) is 7.35. The van der Waals surface area contributed by atoms with Crippen LogP contribution in [0, 0.1) is 13.8 Å². The molecule has 5 rings (SSSR count). The number of hydrogen-bond donors (Lipinski definition) is 2. The lowest BCUT2D eigenvalue weighted by Crippen LogP contribution is -2.41. The van der Waals surface area contributed by atoms with Crippen molar-refractivity contribution >= 4 is 26.4 Å². The summed E-state index contributed by atoms with van der Waals surface area (Å²) in [5.41, 5.74) is 9.44. The van der Waals surface area contributed by atoms with Gasteiger partial charge in [-0.25, -0.2) is 17.9 Å². The van der Waals surface area contributed by atoms with E-state index in [4.69, 9.17) is 0 Å². The first-order valence-corrected chi connectivity index (χ1v) is 14.0. The van der Waals surface area contributed by atoms with Gasteiger partial charge in [0.05, 0.1) is 11.4 Å². The van der Waals surface area contributed by atoms with Gasteiger partial charge in [0.1, 0.15) is 16.2 Å². The molecule has 3 aromatic heterocycles. The number of nitrogens with zero attached hydrogens (tertiary/aromatic N) is 3. The number of sulfone groups is 1. The summed E-state index contributed by atoms with van der Waals surface area (Å²) in [5.74, 6) is 1.06. The third-order valence-corrected chi connectivity index (χ3v) is 8.30. The molecule has 1 aliphatic rings. The molecule has 8 heteroatoms. The number of pyridine rings is 1. The molecule has 34 heavy (non-hydrogen) atoms. The molecule has 180 valence electrons. The Morgan fingerprint density at radius 2 is 1.97 bits per heavy atom. The molecule has 0 amide bonds. The molecule has 1 aromatic carbocycles. The second kappa shape index (κ2) is 8.50. The Hall–Kier alpha value is -2.71. The first-order valence-electron chi connectivity index (χ1n) is 12.0. The number of aromatic nitrogens is 4. The summed E-state index contributed by atoms with van der Waals surface area (Å²) in [7, 11) is -2.92. The van der Waals surface area contributed by atoms with E-state index in [9.17, 15) is 8.42 Å². The summed E-state index contributed by atoms with van der Waals surface area (Å²) in [6.45, 7) is 9.30. The smallest absolute Gasteiger partial charge is 0.158 e. The number of fused-ring (bicyclic) bond motifs is 2. The maximum Gasteiger partial charge on any atom is 0.158 e. The second-order valence-corrected chi connectivity index (χ2v) is 12.4. The Kier molecular flexibility index (Phi) is 5.76. The quantitative estimate of drug-likeness (QED) is 0.407. The minimum absolute atomic E-state index is 0.198. The highest BCUT2D eigenvalue weighted by molar-refractivity contribution is 7.90. The predicted molar refractivity (Wildman–Crippen MR) is 137 cm³/mol. The van der Waals surface area contributed by atoms with Gasteiger partial charge in [0.25, 0.3) is 0 Å². The van der Waals surface area contributed by atoms with Crippen LogP contribution in [0.3, 0.4) is 0 Å². The largest absolute Gasteiger partial charge is 0.354 e. The van der Waals surface area contributed by atoms with Crippen LogP contribution in [-0.4, -0.2) is 52.6 Å². The summed E-state index contributed by atoms with van der Waals surface area (Å²) >= 11 is 0. The SMILES string of the molecule is Cc1c(-c2[nH]c3ccc(C4CC(NCCS(C)(=O)=O)C4)cc3c2C(C)C)cn2ncnc2c1C. The van der Waals surface area contributed by atoms with Crippen LogP contribution in [0.25, 0.3) is 27.8 Å². The van der Waals surface area contributed by atoms with Gasteiger partial charge >= 0.3 is 0 Å². The molecule has 0 atom stereocenters. The summed E-state index contributed by atoms with van der Waals surface area (Å²) in [5, 5.41) is 9.06. The van der Waals surface area contributed by atoms with Crippen molar-refractivity contribution in [2.45, 2.75) is 58.4 Å². The van der Waals surface area contributed by atoms with E-state index >= 15 is 0 Å². The lowest BCUT2D eigenvalue weighted by atomic mass is 9.75. The van der Waals surface area contributed by atoms with Crippen LogP contribution in [-0.2, 0) is 9.84 Å². The van der Waals surface area contributed by atoms with E-state index in [2.05, 4.69) is 72.5 Å². The number of benzene rings is 1. The van der Waals surface area contributed by atoms with Crippen molar-refractivity contribution < 1.29 is 8.42 Å². The van der Waals surface area contributed by atoms with Crippen LogP contribution in [0.2, 0.25) is 0 Å². The van der Waals surface area contributed by atoms with E-state index in [0.717, 1.165) is 40.8 Å². The van der Waals surface area contributed by atoms with Gasteiger partial charge in [-0.1, -0.05) is 19.9 Å². The van der Waals surface area contributed by atoms with Gasteiger partial charge in [0.2, 0.25) is 0 Å². The molecule has 4 aromatic rings. The van der Waals surface area contributed by atoms with E-state index < -0.39 is 9.84 Å². The zero-order chi connectivity index (χ0) is 24.2. The maximum absolute atomic E-state index is 11.4. The minimum Gasteiger partial charge on any atom is -0.354 e. The topological polar surface area (TPSA) is 92.2 Å². The van der Waals surface area contributed by atoms with E-state index in [1.165, 1.54) is 28.3 Å². The third kappa shape index (κ3) is 4.14. The van der Waals surface area contributed by atoms with Crippen molar-refractivity contribution in [3.05, 3.63) is 53.0 Å². The molecule has 0 bridgehead atoms. The van der Waals surface area contributed by atoms with Gasteiger partial charge in [0, 0.05) is 41.5 Å². The summed E-state index contributed by atoms with van der Waals surface area (Å²) < 4.78 is 24.6. The molecule has 0 unspecified atom stereocenters. The molecule has 1 saturated carbocycles. The van der Waals surface area contributed by atoms with Crippen LogP contribution < -0.4 is 5.32 Å². The molecular weight excluding hydrogens is 446 g/mol. The highest BCUT2D eigenvalue weighted by Crippen LogP contribution is 2.42. The van der Waals surface area contributed by atoms with Gasteiger partial charge in [-0.05, 0) is 72.9 Å². The van der Waals surface area contributed by atoms with E-state index in [1.807, 2.05) is 4.52 Å². The normalized spacial score (nSPS) is 18.8. The zero-order valence-electron chi connectivity index (χ0n) is 20.5. The van der Waals surface area contributed by atoms with E-state index in [-0.39, 0.29) is 5.75 Å². The average Bonchev–Trinajstić information content (AvgIpc) is 3.35. The Morgan fingerprint density at radius 3 is 2.68 bits per heavy atom. The molecule has 1 fully saturated rings. The predicted octanol–water partition coefficient (Wildman–Crippen LogP) is 4.50. The average molecular weight is 480 g/mol. The number of aromatic amines is 1. The highest BCUT2D eigenvalue weighted by Gasteiger charge is 2.30. The Balaban J connectivity index is 1.46. The summed E-state index contributed by atoms with van der Waals surface area (Å²) in [6, 6.07) is 7.20. The Morgan fingerprint density at radius 1 is 1.21 bits per heavy atom. The maximum atomic E-state index is 11.4. The highest BCUT2D eigenvalue weighted by atomic mass is 32.2. The fraction of sp³-hybridized carbons (Fsp3) is 0.462. The lowest BCUT2D eigenvalue weighted by molar-refractivity contribution is 0.296. The molecule has 0 aliphatic heterocycles. The molecule has 3 heterocycles. The van der Waals surface area contributed by atoms with Crippen LogP contribution in [0.4, 0.5) is 0 Å². The molecule has 0 spiro atoms. The Bertz CT molecular complexity index is 1480. The van der Waals surface area contributed by atoms with Gasteiger partial charge in [-0.3, -0.25) is 0 Å². The molecule has 2 N–H and O–H groups in total. The van der Waals surface area contributed by atoms with Crippen LogP contribution >= 0.6 is 0 Å². The van der Waals surface area contributed by atoms with Gasteiger partial charge in [-0.2, -0.15) is 5.10 Å². The first kappa shape index (κ1) is 23.1. The van der Waals surface area contributed by atoms with Crippen molar-refractivity contribution in [3.63, 3.8) is 0 Å². The van der Waals surface area contributed by atoms with Gasteiger partial charge in [-0.15, -0.1) is 0 Å². The van der Waals surface area contributed by atoms with Crippen molar-refractivity contribution in [2.24, 2.45) is 0 Å². The molecule has 1 aliphatic carbocycles. The van der Waals surface area contributed by atoms with Crippen LogP contribution in [0.1, 0.15) is 60.8 Å². The van der Waals surface area contributed by atoms with Gasteiger partial charge in [0.15, 0.2) is 5.65 Å². The summed E-state index contributed by atoms with van der Waals surface area (Å²) in [6.07, 6.45) is 7.07.